The van der Waals surface area contributed by atoms with Crippen molar-refractivity contribution in [3.8, 4) is 11.5 Å². The van der Waals surface area contributed by atoms with Gasteiger partial charge in [0.1, 0.15) is 13.2 Å². The SMILES string of the molecule is O=C(CN1CCCCCC1)c1ccc2c(c1)OCCO2.O=C(O)C(=O)O. The number of carboxylic acid groups (broad SMARTS) is 2. The van der Waals surface area contributed by atoms with Gasteiger partial charge in [0, 0.05) is 5.56 Å². The van der Waals surface area contributed by atoms with Crippen LogP contribution in [-0.4, -0.2) is 65.7 Å². The van der Waals surface area contributed by atoms with Crippen molar-refractivity contribution >= 4 is 17.7 Å². The van der Waals surface area contributed by atoms with Gasteiger partial charge in [-0.3, -0.25) is 9.69 Å². The van der Waals surface area contributed by atoms with Crippen molar-refractivity contribution in [1.82, 2.24) is 4.90 Å². The molecule has 0 radical (unpaired) electrons. The fraction of sp³-hybridized carbons (Fsp3) is 0.500. The fourth-order valence-electron chi connectivity index (χ4n) is 2.81. The van der Waals surface area contributed by atoms with Crippen molar-refractivity contribution in [1.29, 1.82) is 0 Å². The Morgan fingerprint density at radius 1 is 0.885 bits per heavy atom. The molecule has 1 aromatic carbocycles. The summed E-state index contributed by atoms with van der Waals surface area (Å²) < 4.78 is 11.0. The van der Waals surface area contributed by atoms with E-state index in [9.17, 15) is 4.79 Å². The van der Waals surface area contributed by atoms with Gasteiger partial charge in [-0.1, -0.05) is 12.8 Å². The van der Waals surface area contributed by atoms with Crippen molar-refractivity contribution in [2.75, 3.05) is 32.8 Å². The van der Waals surface area contributed by atoms with Crippen molar-refractivity contribution in [2.45, 2.75) is 25.7 Å². The lowest BCUT2D eigenvalue weighted by Gasteiger charge is -2.20. The third-order valence-electron chi connectivity index (χ3n) is 4.11. The minimum absolute atomic E-state index is 0.170. The van der Waals surface area contributed by atoms with E-state index in [0.717, 1.165) is 24.4 Å². The van der Waals surface area contributed by atoms with E-state index in [2.05, 4.69) is 4.90 Å². The first-order valence-electron chi connectivity index (χ1n) is 8.59. The van der Waals surface area contributed by atoms with Crippen LogP contribution >= 0.6 is 0 Å². The lowest BCUT2D eigenvalue weighted by molar-refractivity contribution is -0.159. The molecule has 1 fully saturated rings. The minimum Gasteiger partial charge on any atom is -0.486 e. The third kappa shape index (κ3) is 6.03. The number of ketones is 1. The predicted molar refractivity (Wildman–Crippen MR) is 91.9 cm³/mol. The van der Waals surface area contributed by atoms with E-state index in [1.54, 1.807) is 0 Å². The summed E-state index contributed by atoms with van der Waals surface area (Å²) in [5.41, 5.74) is 0.721. The molecule has 1 saturated heterocycles. The second kappa shape index (κ2) is 9.76. The van der Waals surface area contributed by atoms with Crippen molar-refractivity contribution in [2.24, 2.45) is 0 Å². The van der Waals surface area contributed by atoms with Crippen LogP contribution < -0.4 is 9.47 Å². The number of Topliss-reactive ketones (excluding diaryl/α,β-unsaturated/α-hetero) is 1. The summed E-state index contributed by atoms with van der Waals surface area (Å²) in [4.78, 5) is 32.8. The Labute approximate surface area is 151 Å². The Morgan fingerprint density at radius 3 is 2.04 bits per heavy atom. The maximum Gasteiger partial charge on any atom is 0.414 e. The number of nitrogens with zero attached hydrogens (tertiary/aromatic N) is 1. The van der Waals surface area contributed by atoms with Crippen LogP contribution in [-0.2, 0) is 9.59 Å². The molecule has 0 saturated carbocycles. The van der Waals surface area contributed by atoms with Gasteiger partial charge >= 0.3 is 11.9 Å². The largest absolute Gasteiger partial charge is 0.486 e. The van der Waals surface area contributed by atoms with Gasteiger partial charge in [0.15, 0.2) is 17.3 Å². The topological polar surface area (TPSA) is 113 Å². The van der Waals surface area contributed by atoms with Crippen LogP contribution in [0.3, 0.4) is 0 Å². The Bertz CT molecular complexity index is 639. The Morgan fingerprint density at radius 2 is 1.46 bits per heavy atom. The molecule has 2 heterocycles. The molecule has 2 aliphatic rings. The number of benzene rings is 1. The molecule has 2 N–H and O–H groups in total. The van der Waals surface area contributed by atoms with Gasteiger partial charge in [-0.2, -0.15) is 0 Å². The second-order valence-electron chi connectivity index (χ2n) is 6.08. The van der Waals surface area contributed by atoms with Crippen LogP contribution in [0.5, 0.6) is 11.5 Å². The summed E-state index contributed by atoms with van der Waals surface area (Å²) in [7, 11) is 0. The first-order chi connectivity index (χ1) is 12.5. The summed E-state index contributed by atoms with van der Waals surface area (Å²) in [5, 5.41) is 14.8. The molecular formula is C18H23NO7. The molecule has 0 amide bonds. The maximum atomic E-state index is 12.4. The Kier molecular flexibility index (Phi) is 7.40. The number of carbonyl (C=O) groups excluding carboxylic acids is 1. The van der Waals surface area contributed by atoms with Gasteiger partial charge in [0.05, 0.1) is 6.54 Å². The van der Waals surface area contributed by atoms with Crippen LogP contribution in [0.25, 0.3) is 0 Å². The molecule has 0 aliphatic carbocycles. The van der Waals surface area contributed by atoms with Crippen LogP contribution in [0.15, 0.2) is 18.2 Å². The average Bonchev–Trinajstić information content (AvgIpc) is 2.90. The highest BCUT2D eigenvalue weighted by molar-refractivity contribution is 6.27. The van der Waals surface area contributed by atoms with E-state index in [4.69, 9.17) is 29.3 Å². The Balaban J connectivity index is 0.000000352. The van der Waals surface area contributed by atoms with Crippen LogP contribution in [0, 0.1) is 0 Å². The second-order valence-corrected chi connectivity index (χ2v) is 6.08. The van der Waals surface area contributed by atoms with Gasteiger partial charge < -0.3 is 19.7 Å². The molecule has 8 heteroatoms. The van der Waals surface area contributed by atoms with Gasteiger partial charge in [0.25, 0.3) is 0 Å². The van der Waals surface area contributed by atoms with Crippen LogP contribution in [0.1, 0.15) is 36.0 Å². The van der Waals surface area contributed by atoms with E-state index in [1.165, 1.54) is 25.7 Å². The van der Waals surface area contributed by atoms with Crippen LogP contribution in [0.2, 0.25) is 0 Å². The number of ether oxygens (including phenoxy) is 2. The number of carbonyl (C=O) groups is 3. The van der Waals surface area contributed by atoms with Gasteiger partial charge in [-0.25, -0.2) is 9.59 Å². The number of aliphatic carboxylic acids is 2. The number of rotatable bonds is 3. The molecule has 142 valence electrons. The number of carboxylic acids is 2. The summed E-state index contributed by atoms with van der Waals surface area (Å²) >= 11 is 0. The summed E-state index contributed by atoms with van der Waals surface area (Å²) in [6, 6.07) is 5.49. The summed E-state index contributed by atoms with van der Waals surface area (Å²) in [6.45, 7) is 3.72. The highest BCUT2D eigenvalue weighted by Gasteiger charge is 2.17. The standard InChI is InChI=1S/C16H21NO3.C2H2O4/c18-14(12-17-7-3-1-2-4-8-17)13-5-6-15-16(11-13)20-10-9-19-15;3-1(4)2(5)6/h5-6,11H,1-4,7-10,12H2;(H,3,4)(H,5,6). The number of likely N-dealkylation sites (tertiary alicyclic amines) is 1. The van der Waals surface area contributed by atoms with Crippen LogP contribution in [0.4, 0.5) is 0 Å². The molecule has 0 spiro atoms. The zero-order valence-electron chi connectivity index (χ0n) is 14.5. The molecule has 0 aromatic heterocycles. The molecule has 3 rings (SSSR count). The van der Waals surface area contributed by atoms with Crippen molar-refractivity contribution in [3.05, 3.63) is 23.8 Å². The van der Waals surface area contributed by atoms with Gasteiger partial charge in [-0.05, 0) is 44.1 Å². The normalized spacial score (nSPS) is 16.6. The maximum absolute atomic E-state index is 12.4. The first kappa shape index (κ1) is 19.7. The molecule has 1 aromatic rings. The third-order valence-corrected chi connectivity index (χ3v) is 4.11. The number of hydrogen-bond donors (Lipinski definition) is 2. The highest BCUT2D eigenvalue weighted by Crippen LogP contribution is 2.30. The average molecular weight is 365 g/mol. The zero-order chi connectivity index (χ0) is 18.9. The Hall–Kier alpha value is -2.61. The summed E-state index contributed by atoms with van der Waals surface area (Å²) in [5.74, 6) is -2.05. The molecule has 0 unspecified atom stereocenters. The zero-order valence-corrected chi connectivity index (χ0v) is 14.5. The lowest BCUT2D eigenvalue weighted by atomic mass is 10.1. The van der Waals surface area contributed by atoms with Gasteiger partial charge in [-0.15, -0.1) is 0 Å². The molecule has 8 nitrogen and oxygen atoms in total. The minimum atomic E-state index is -1.82. The molecule has 26 heavy (non-hydrogen) atoms. The fourth-order valence-corrected chi connectivity index (χ4v) is 2.81. The van der Waals surface area contributed by atoms with Crippen molar-refractivity contribution in [3.63, 3.8) is 0 Å². The molecule has 2 aliphatic heterocycles. The molecular weight excluding hydrogens is 342 g/mol. The monoisotopic (exact) mass is 365 g/mol. The lowest BCUT2D eigenvalue weighted by Crippen LogP contribution is -2.30. The number of fused-ring (bicyclic) bond motifs is 1. The van der Waals surface area contributed by atoms with Crippen molar-refractivity contribution < 1.29 is 34.1 Å². The van der Waals surface area contributed by atoms with E-state index in [1.807, 2.05) is 18.2 Å². The van der Waals surface area contributed by atoms with Gasteiger partial charge in [0.2, 0.25) is 0 Å². The van der Waals surface area contributed by atoms with E-state index < -0.39 is 11.9 Å². The summed E-state index contributed by atoms with van der Waals surface area (Å²) in [6.07, 6.45) is 4.98. The highest BCUT2D eigenvalue weighted by atomic mass is 16.6. The quantitative estimate of drug-likeness (QED) is 0.614. The van der Waals surface area contributed by atoms with E-state index in [0.29, 0.717) is 25.5 Å². The molecule has 0 bridgehead atoms. The number of hydrogen-bond acceptors (Lipinski definition) is 6. The van der Waals surface area contributed by atoms with E-state index in [-0.39, 0.29) is 5.78 Å². The van der Waals surface area contributed by atoms with E-state index >= 15 is 0 Å². The molecule has 0 atom stereocenters. The smallest absolute Gasteiger partial charge is 0.414 e. The predicted octanol–water partition coefficient (Wildman–Crippen LogP) is 1.67. The first-order valence-corrected chi connectivity index (χ1v) is 8.59.